The topological polar surface area (TPSA) is 80.0 Å². The molecule has 0 aliphatic heterocycles. The molecule has 0 saturated heterocycles. The van der Waals surface area contributed by atoms with E-state index in [1.165, 1.54) is 0 Å². The summed E-state index contributed by atoms with van der Waals surface area (Å²) in [6.07, 6.45) is 3.59. The molecule has 0 amide bonds. The second kappa shape index (κ2) is 5.09. The van der Waals surface area contributed by atoms with Gasteiger partial charge in [-0.15, -0.1) is 0 Å². The number of nitrogens with one attached hydrogen (secondary N) is 1. The fourth-order valence-corrected chi connectivity index (χ4v) is 1.69. The van der Waals surface area contributed by atoms with Gasteiger partial charge >= 0.3 is 5.97 Å². The quantitative estimate of drug-likeness (QED) is 0.883. The lowest BCUT2D eigenvalue weighted by Gasteiger charge is -2.06. The van der Waals surface area contributed by atoms with Gasteiger partial charge in [-0.1, -0.05) is 0 Å². The minimum atomic E-state index is -0.968. The van der Waals surface area contributed by atoms with Gasteiger partial charge in [-0.25, -0.2) is 9.78 Å². The number of anilines is 2. The highest BCUT2D eigenvalue weighted by molar-refractivity contribution is 5.89. The Bertz CT molecular complexity index is 604. The zero-order valence-electron chi connectivity index (χ0n) is 11.1. The van der Waals surface area contributed by atoms with E-state index in [0.29, 0.717) is 17.6 Å². The maximum absolute atomic E-state index is 10.9. The molecule has 0 aromatic carbocycles. The number of rotatable bonds is 4. The van der Waals surface area contributed by atoms with Gasteiger partial charge in [0.05, 0.1) is 23.1 Å². The number of carboxylic acids is 1. The Morgan fingerprint density at radius 1 is 1.42 bits per heavy atom. The number of aromatic carboxylic acids is 1. The van der Waals surface area contributed by atoms with E-state index in [2.05, 4.69) is 15.4 Å². The molecule has 2 N–H and O–H groups in total. The van der Waals surface area contributed by atoms with E-state index in [-0.39, 0.29) is 5.56 Å². The van der Waals surface area contributed by atoms with Gasteiger partial charge < -0.3 is 10.4 Å². The number of carboxylic acid groups (broad SMARTS) is 1. The molecular formula is C13H16N4O2. The third kappa shape index (κ3) is 2.90. The molecule has 0 unspecified atom stereocenters. The van der Waals surface area contributed by atoms with Crippen LogP contribution in [0.15, 0.2) is 24.5 Å². The fourth-order valence-electron chi connectivity index (χ4n) is 1.69. The van der Waals surface area contributed by atoms with Gasteiger partial charge in [-0.3, -0.25) is 4.68 Å². The van der Waals surface area contributed by atoms with Crippen LogP contribution in [0.3, 0.4) is 0 Å². The van der Waals surface area contributed by atoms with Crippen molar-refractivity contribution in [3.63, 3.8) is 0 Å². The third-order valence-corrected chi connectivity index (χ3v) is 2.72. The van der Waals surface area contributed by atoms with Crippen LogP contribution >= 0.6 is 0 Å². The highest BCUT2D eigenvalue weighted by Crippen LogP contribution is 2.17. The number of hydrogen-bond acceptors (Lipinski definition) is 4. The van der Waals surface area contributed by atoms with E-state index in [1.54, 1.807) is 25.3 Å². The Kier molecular flexibility index (Phi) is 3.50. The summed E-state index contributed by atoms with van der Waals surface area (Å²) >= 11 is 0. The van der Waals surface area contributed by atoms with Crippen LogP contribution in [0.5, 0.6) is 0 Å². The third-order valence-electron chi connectivity index (χ3n) is 2.72. The number of pyridine rings is 1. The minimum Gasteiger partial charge on any atom is -0.478 e. The molecule has 6 heteroatoms. The van der Waals surface area contributed by atoms with E-state index in [1.807, 2.05) is 24.7 Å². The SMILES string of the molecule is Cc1nc(Nc2cnn(C(C)C)c2)ccc1C(=O)O. The van der Waals surface area contributed by atoms with Crippen molar-refractivity contribution in [2.75, 3.05) is 5.32 Å². The summed E-state index contributed by atoms with van der Waals surface area (Å²) in [5.74, 6) is -0.366. The van der Waals surface area contributed by atoms with Gasteiger partial charge in [-0.2, -0.15) is 5.10 Å². The van der Waals surface area contributed by atoms with Gasteiger partial charge in [0.1, 0.15) is 5.82 Å². The first kappa shape index (κ1) is 13.1. The van der Waals surface area contributed by atoms with Crippen LogP contribution in [0, 0.1) is 6.92 Å². The highest BCUT2D eigenvalue weighted by Gasteiger charge is 2.09. The fraction of sp³-hybridized carbons (Fsp3) is 0.308. The maximum Gasteiger partial charge on any atom is 0.337 e. The number of aromatic nitrogens is 3. The van der Waals surface area contributed by atoms with Gasteiger partial charge in [0.2, 0.25) is 0 Å². The van der Waals surface area contributed by atoms with Gasteiger partial charge in [-0.05, 0) is 32.9 Å². The Morgan fingerprint density at radius 2 is 2.16 bits per heavy atom. The first-order valence-electron chi connectivity index (χ1n) is 5.99. The van der Waals surface area contributed by atoms with Crippen molar-refractivity contribution in [1.82, 2.24) is 14.8 Å². The van der Waals surface area contributed by atoms with Crippen LogP contribution < -0.4 is 5.32 Å². The summed E-state index contributed by atoms with van der Waals surface area (Å²) in [7, 11) is 0. The largest absolute Gasteiger partial charge is 0.478 e. The Balaban J connectivity index is 2.19. The Morgan fingerprint density at radius 3 is 2.68 bits per heavy atom. The molecule has 0 saturated carbocycles. The second-order valence-electron chi connectivity index (χ2n) is 4.56. The molecule has 0 atom stereocenters. The molecular weight excluding hydrogens is 244 g/mol. The van der Waals surface area contributed by atoms with Crippen molar-refractivity contribution in [2.24, 2.45) is 0 Å². The first-order valence-corrected chi connectivity index (χ1v) is 5.99. The van der Waals surface area contributed by atoms with Crippen molar-refractivity contribution >= 4 is 17.5 Å². The summed E-state index contributed by atoms with van der Waals surface area (Å²) in [5.41, 5.74) is 1.51. The molecule has 2 heterocycles. The summed E-state index contributed by atoms with van der Waals surface area (Å²) < 4.78 is 1.83. The molecule has 19 heavy (non-hydrogen) atoms. The Hall–Kier alpha value is -2.37. The minimum absolute atomic E-state index is 0.212. The zero-order valence-corrected chi connectivity index (χ0v) is 11.1. The van der Waals surface area contributed by atoms with Gasteiger partial charge in [0.15, 0.2) is 0 Å². The van der Waals surface area contributed by atoms with Crippen molar-refractivity contribution in [3.05, 3.63) is 35.8 Å². The predicted molar refractivity (Wildman–Crippen MR) is 71.8 cm³/mol. The number of carbonyl (C=O) groups is 1. The molecule has 2 aromatic heterocycles. The van der Waals surface area contributed by atoms with Crippen molar-refractivity contribution < 1.29 is 9.90 Å². The Labute approximate surface area is 111 Å². The standard InChI is InChI=1S/C13H16N4O2/c1-8(2)17-7-10(6-14-17)16-12-5-4-11(13(18)19)9(3)15-12/h4-8H,1-3H3,(H,15,16)(H,18,19). The lowest BCUT2D eigenvalue weighted by atomic mass is 10.2. The van der Waals surface area contributed by atoms with Crippen molar-refractivity contribution in [3.8, 4) is 0 Å². The van der Waals surface area contributed by atoms with Crippen LogP contribution in [-0.2, 0) is 0 Å². The number of nitrogens with zero attached hydrogens (tertiary/aromatic N) is 3. The molecule has 0 fully saturated rings. The molecule has 0 bridgehead atoms. The van der Waals surface area contributed by atoms with Crippen molar-refractivity contribution in [1.29, 1.82) is 0 Å². The predicted octanol–water partition coefficient (Wildman–Crippen LogP) is 2.61. The summed E-state index contributed by atoms with van der Waals surface area (Å²) in [6.45, 7) is 5.76. The molecule has 6 nitrogen and oxygen atoms in total. The average Bonchev–Trinajstić information content (AvgIpc) is 2.77. The first-order chi connectivity index (χ1) is 8.97. The molecule has 0 radical (unpaired) electrons. The highest BCUT2D eigenvalue weighted by atomic mass is 16.4. The summed E-state index contributed by atoms with van der Waals surface area (Å²) in [5, 5.41) is 16.2. The maximum atomic E-state index is 10.9. The number of hydrogen-bond donors (Lipinski definition) is 2. The molecule has 2 rings (SSSR count). The molecule has 100 valence electrons. The normalized spacial score (nSPS) is 10.7. The second-order valence-corrected chi connectivity index (χ2v) is 4.56. The van der Waals surface area contributed by atoms with Crippen LogP contribution in [0.2, 0.25) is 0 Å². The van der Waals surface area contributed by atoms with E-state index in [9.17, 15) is 4.79 Å². The van der Waals surface area contributed by atoms with Gasteiger partial charge in [0, 0.05) is 12.2 Å². The van der Waals surface area contributed by atoms with Crippen LogP contribution in [0.4, 0.5) is 11.5 Å². The van der Waals surface area contributed by atoms with E-state index < -0.39 is 5.97 Å². The van der Waals surface area contributed by atoms with E-state index in [4.69, 9.17) is 5.11 Å². The zero-order chi connectivity index (χ0) is 14.0. The van der Waals surface area contributed by atoms with Crippen molar-refractivity contribution in [2.45, 2.75) is 26.8 Å². The van der Waals surface area contributed by atoms with Crippen LogP contribution in [0.25, 0.3) is 0 Å². The molecule has 0 aliphatic rings. The van der Waals surface area contributed by atoms with E-state index >= 15 is 0 Å². The monoisotopic (exact) mass is 260 g/mol. The summed E-state index contributed by atoms with van der Waals surface area (Å²) in [4.78, 5) is 15.1. The molecule has 2 aromatic rings. The van der Waals surface area contributed by atoms with Crippen LogP contribution in [0.1, 0.15) is 35.9 Å². The molecule has 0 aliphatic carbocycles. The lowest BCUT2D eigenvalue weighted by Crippen LogP contribution is -2.03. The van der Waals surface area contributed by atoms with Crippen LogP contribution in [-0.4, -0.2) is 25.8 Å². The average molecular weight is 260 g/mol. The van der Waals surface area contributed by atoms with E-state index in [0.717, 1.165) is 5.69 Å². The lowest BCUT2D eigenvalue weighted by molar-refractivity contribution is 0.0695. The van der Waals surface area contributed by atoms with Gasteiger partial charge in [0.25, 0.3) is 0 Å². The number of aryl methyl sites for hydroxylation is 1. The smallest absolute Gasteiger partial charge is 0.337 e. The molecule has 0 spiro atoms. The summed E-state index contributed by atoms with van der Waals surface area (Å²) in [6, 6.07) is 3.47.